The number of nitrogens with zero attached hydrogens (tertiary/aromatic N) is 2. The molecule has 1 saturated heterocycles. The fourth-order valence-electron chi connectivity index (χ4n) is 1.83. The average molecular weight is 257 g/mol. The van der Waals surface area contributed by atoms with Gasteiger partial charge in [0.25, 0.3) is 0 Å². The number of carboxylic acids is 1. The Morgan fingerprint density at radius 1 is 1.50 bits per heavy atom. The summed E-state index contributed by atoms with van der Waals surface area (Å²) in [6, 6.07) is -0.697. The number of carbonyl (C=O) groups is 3. The molecule has 0 spiro atoms. The summed E-state index contributed by atoms with van der Waals surface area (Å²) in [6.07, 6.45) is 0.908. The van der Waals surface area contributed by atoms with Gasteiger partial charge in [-0.05, 0) is 6.42 Å². The average Bonchev–Trinajstić information content (AvgIpc) is 2.28. The fraction of sp³-hybridized carbons (Fsp3) is 0.727. The van der Waals surface area contributed by atoms with E-state index < -0.39 is 12.0 Å². The number of carboxylic acid groups (broad SMARTS) is 1. The highest BCUT2D eigenvalue weighted by atomic mass is 16.4. The standard InChI is InChI=1S/C11H19N3O4/c1-13(2)10(16)4-3-5-14-7-9(15)12-6-8(14)11(17)18/h8H,3-7H2,1-2H3,(H,12,15)(H,17,18). The molecule has 0 saturated carbocycles. The van der Waals surface area contributed by atoms with Crippen molar-refractivity contribution in [3.8, 4) is 0 Å². The first-order chi connectivity index (χ1) is 8.41. The van der Waals surface area contributed by atoms with Crippen LogP contribution in [0.5, 0.6) is 0 Å². The molecular weight excluding hydrogens is 238 g/mol. The van der Waals surface area contributed by atoms with Crippen molar-refractivity contribution in [3.63, 3.8) is 0 Å². The third kappa shape index (κ3) is 3.99. The van der Waals surface area contributed by atoms with Crippen LogP contribution < -0.4 is 5.32 Å². The third-order valence-electron chi connectivity index (χ3n) is 2.90. The van der Waals surface area contributed by atoms with Gasteiger partial charge in [-0.3, -0.25) is 19.3 Å². The summed E-state index contributed by atoms with van der Waals surface area (Å²) in [5.74, 6) is -1.12. The zero-order chi connectivity index (χ0) is 13.7. The van der Waals surface area contributed by atoms with E-state index in [9.17, 15) is 14.4 Å². The molecule has 1 fully saturated rings. The maximum absolute atomic E-state index is 11.4. The molecule has 2 N–H and O–H groups in total. The van der Waals surface area contributed by atoms with Crippen molar-refractivity contribution in [2.45, 2.75) is 18.9 Å². The number of hydrogen-bond acceptors (Lipinski definition) is 4. The van der Waals surface area contributed by atoms with Crippen LogP contribution in [-0.4, -0.2) is 72.5 Å². The smallest absolute Gasteiger partial charge is 0.322 e. The van der Waals surface area contributed by atoms with Crippen LogP contribution in [0.4, 0.5) is 0 Å². The molecule has 0 aromatic heterocycles. The Kier molecular flexibility index (Phi) is 5.08. The normalized spacial score (nSPS) is 20.3. The van der Waals surface area contributed by atoms with Crippen molar-refractivity contribution in [3.05, 3.63) is 0 Å². The van der Waals surface area contributed by atoms with E-state index in [-0.39, 0.29) is 24.9 Å². The highest BCUT2D eigenvalue weighted by molar-refractivity contribution is 5.83. The molecular formula is C11H19N3O4. The molecule has 1 rings (SSSR count). The topological polar surface area (TPSA) is 90.0 Å². The lowest BCUT2D eigenvalue weighted by atomic mass is 10.1. The van der Waals surface area contributed by atoms with Crippen molar-refractivity contribution in [1.29, 1.82) is 0 Å². The van der Waals surface area contributed by atoms with Gasteiger partial charge in [0.2, 0.25) is 11.8 Å². The van der Waals surface area contributed by atoms with Gasteiger partial charge < -0.3 is 15.3 Å². The van der Waals surface area contributed by atoms with Crippen LogP contribution in [0, 0.1) is 0 Å². The second-order valence-corrected chi connectivity index (χ2v) is 4.52. The summed E-state index contributed by atoms with van der Waals surface area (Å²) in [5.41, 5.74) is 0. The monoisotopic (exact) mass is 257 g/mol. The molecule has 1 atom stereocenters. The molecule has 1 unspecified atom stereocenters. The minimum absolute atomic E-state index is 0.00309. The van der Waals surface area contributed by atoms with Crippen molar-refractivity contribution in [2.75, 3.05) is 33.7 Å². The Balaban J connectivity index is 2.44. The number of carbonyl (C=O) groups excluding carboxylic acids is 2. The number of hydrogen-bond donors (Lipinski definition) is 2. The number of rotatable bonds is 5. The van der Waals surface area contributed by atoms with Gasteiger partial charge in [-0.1, -0.05) is 0 Å². The predicted molar refractivity (Wildman–Crippen MR) is 63.9 cm³/mol. The molecule has 1 aliphatic rings. The van der Waals surface area contributed by atoms with Crippen molar-refractivity contribution in [1.82, 2.24) is 15.1 Å². The fourth-order valence-corrected chi connectivity index (χ4v) is 1.83. The molecule has 0 aliphatic carbocycles. The van der Waals surface area contributed by atoms with E-state index >= 15 is 0 Å². The van der Waals surface area contributed by atoms with Gasteiger partial charge in [-0.25, -0.2) is 0 Å². The third-order valence-corrected chi connectivity index (χ3v) is 2.90. The summed E-state index contributed by atoms with van der Waals surface area (Å²) in [4.78, 5) is 36.7. The zero-order valence-corrected chi connectivity index (χ0v) is 10.7. The molecule has 7 heteroatoms. The summed E-state index contributed by atoms with van der Waals surface area (Å²) in [7, 11) is 3.35. The van der Waals surface area contributed by atoms with E-state index in [1.54, 1.807) is 19.0 Å². The number of nitrogens with one attached hydrogen (secondary N) is 1. The molecule has 0 aromatic carbocycles. The summed E-state index contributed by atoms with van der Waals surface area (Å²) in [5, 5.41) is 11.5. The molecule has 0 radical (unpaired) electrons. The number of amides is 2. The number of piperazine rings is 1. The summed E-state index contributed by atoms with van der Waals surface area (Å²) >= 11 is 0. The van der Waals surface area contributed by atoms with Gasteiger partial charge in [-0.15, -0.1) is 0 Å². The first-order valence-corrected chi connectivity index (χ1v) is 5.85. The Bertz CT molecular complexity index is 343. The highest BCUT2D eigenvalue weighted by Gasteiger charge is 2.31. The van der Waals surface area contributed by atoms with Crippen molar-refractivity contribution < 1.29 is 19.5 Å². The lowest BCUT2D eigenvalue weighted by Gasteiger charge is -2.32. The molecule has 102 valence electrons. The molecule has 0 aromatic rings. The van der Waals surface area contributed by atoms with Gasteiger partial charge in [0.15, 0.2) is 0 Å². The van der Waals surface area contributed by atoms with E-state index in [1.807, 2.05) is 0 Å². The highest BCUT2D eigenvalue weighted by Crippen LogP contribution is 2.07. The van der Waals surface area contributed by atoms with Gasteiger partial charge >= 0.3 is 5.97 Å². The predicted octanol–water partition coefficient (Wildman–Crippen LogP) is -1.26. The maximum atomic E-state index is 11.4. The Hall–Kier alpha value is -1.63. The Morgan fingerprint density at radius 2 is 2.17 bits per heavy atom. The van der Waals surface area contributed by atoms with Crippen LogP contribution in [0.3, 0.4) is 0 Å². The molecule has 7 nitrogen and oxygen atoms in total. The second-order valence-electron chi connectivity index (χ2n) is 4.52. The van der Waals surface area contributed by atoms with Crippen LogP contribution in [0.15, 0.2) is 0 Å². The first kappa shape index (κ1) is 14.4. The van der Waals surface area contributed by atoms with Crippen LogP contribution >= 0.6 is 0 Å². The Morgan fingerprint density at radius 3 is 2.72 bits per heavy atom. The van der Waals surface area contributed by atoms with Crippen LogP contribution in [0.2, 0.25) is 0 Å². The Labute approximate surface area is 106 Å². The summed E-state index contributed by atoms with van der Waals surface area (Å²) < 4.78 is 0. The minimum Gasteiger partial charge on any atom is -0.480 e. The number of aliphatic carboxylic acids is 1. The quantitative estimate of drug-likeness (QED) is 0.641. The van der Waals surface area contributed by atoms with E-state index in [2.05, 4.69) is 5.32 Å². The van der Waals surface area contributed by atoms with E-state index in [1.165, 1.54) is 4.90 Å². The largest absolute Gasteiger partial charge is 0.480 e. The first-order valence-electron chi connectivity index (χ1n) is 5.85. The van der Waals surface area contributed by atoms with Gasteiger partial charge in [0.1, 0.15) is 6.04 Å². The molecule has 18 heavy (non-hydrogen) atoms. The van der Waals surface area contributed by atoms with E-state index in [0.717, 1.165) is 0 Å². The van der Waals surface area contributed by atoms with Gasteiger partial charge in [-0.2, -0.15) is 0 Å². The van der Waals surface area contributed by atoms with Gasteiger partial charge in [0.05, 0.1) is 6.54 Å². The van der Waals surface area contributed by atoms with Crippen molar-refractivity contribution in [2.24, 2.45) is 0 Å². The lowest BCUT2D eigenvalue weighted by molar-refractivity contribution is -0.145. The lowest BCUT2D eigenvalue weighted by Crippen LogP contribution is -2.57. The van der Waals surface area contributed by atoms with Gasteiger partial charge in [0, 0.05) is 33.6 Å². The van der Waals surface area contributed by atoms with Crippen LogP contribution in [0.25, 0.3) is 0 Å². The maximum Gasteiger partial charge on any atom is 0.322 e. The van der Waals surface area contributed by atoms with Crippen LogP contribution in [-0.2, 0) is 14.4 Å². The molecule has 1 aliphatic heterocycles. The zero-order valence-electron chi connectivity index (χ0n) is 10.7. The van der Waals surface area contributed by atoms with E-state index in [4.69, 9.17) is 5.11 Å². The van der Waals surface area contributed by atoms with Crippen LogP contribution in [0.1, 0.15) is 12.8 Å². The minimum atomic E-state index is -0.950. The van der Waals surface area contributed by atoms with E-state index in [0.29, 0.717) is 19.4 Å². The second kappa shape index (κ2) is 6.34. The van der Waals surface area contributed by atoms with Crippen molar-refractivity contribution >= 4 is 17.8 Å². The molecule has 2 amide bonds. The molecule has 1 heterocycles. The summed E-state index contributed by atoms with van der Waals surface area (Å²) in [6.45, 7) is 0.632. The SMILES string of the molecule is CN(C)C(=O)CCCN1CC(=O)NCC1C(=O)O. The molecule has 0 bridgehead atoms.